The topological polar surface area (TPSA) is 388 Å². The molecule has 0 saturated carbocycles. The minimum absolute atomic E-state index is 0.00100. The van der Waals surface area contributed by atoms with Gasteiger partial charge in [0.1, 0.15) is 67.9 Å². The molecule has 13 atom stereocenters. The molecule has 0 aliphatic carbocycles. The van der Waals surface area contributed by atoms with Gasteiger partial charge >= 0.3 is 49.8 Å². The molecule has 2 aliphatic rings. The molecule has 6 amide bonds. The van der Waals surface area contributed by atoms with Crippen molar-refractivity contribution in [3.05, 3.63) is 71.8 Å². The summed E-state index contributed by atoms with van der Waals surface area (Å²) in [5.74, 6) is -10.5. The van der Waals surface area contributed by atoms with Gasteiger partial charge in [-0.25, -0.2) is 9.36 Å². The number of phosphoric acid groups is 1. The van der Waals surface area contributed by atoms with Crippen LogP contribution in [-0.4, -0.2) is 184 Å². The van der Waals surface area contributed by atoms with E-state index in [1.54, 1.807) is 66.0 Å². The van der Waals surface area contributed by atoms with Crippen molar-refractivity contribution in [2.75, 3.05) is 32.9 Å². The first-order chi connectivity index (χ1) is 45.4. The molecule has 4 rings (SSSR count). The Balaban J connectivity index is 1.69. The second kappa shape index (κ2) is 40.8. The van der Waals surface area contributed by atoms with E-state index in [0.717, 1.165) is 60.8 Å². The van der Waals surface area contributed by atoms with Crippen molar-refractivity contribution in [3.8, 4) is 0 Å². The molecule has 0 spiro atoms. The lowest BCUT2D eigenvalue weighted by Gasteiger charge is -2.50. The number of alkyl halides is 3. The molecule has 96 heavy (non-hydrogen) atoms. The number of hydrogen-bond acceptors (Lipinski definition) is 24. The number of benzene rings is 2. The van der Waals surface area contributed by atoms with Gasteiger partial charge in [-0.15, -0.1) is 0 Å². The lowest BCUT2D eigenvalue weighted by atomic mass is 9.93. The van der Waals surface area contributed by atoms with E-state index < -0.39 is 172 Å². The first-order valence-electron chi connectivity index (χ1n) is 31.2. The summed E-state index contributed by atoms with van der Waals surface area (Å²) in [7, 11) is -4.95. The maximum atomic E-state index is 15.2. The summed E-state index contributed by atoms with van der Waals surface area (Å²) in [5.41, 5.74) is 1.01. The van der Waals surface area contributed by atoms with Crippen LogP contribution in [-0.2, 0) is 127 Å². The van der Waals surface area contributed by atoms with E-state index in [1.807, 2.05) is 6.92 Å². The summed E-state index contributed by atoms with van der Waals surface area (Å²) in [6, 6.07) is 10.8. The Labute approximate surface area is 553 Å². The fraction of sp³-hybridized carbons (Fsp3) is 0.629. The minimum atomic E-state index is -5.08. The average molecular weight is 1390 g/mol. The number of unbranched alkanes of at least 4 members (excludes halogenated alkanes) is 4. The summed E-state index contributed by atoms with van der Waals surface area (Å²) in [4.78, 5) is 142. The predicted molar refractivity (Wildman–Crippen MR) is 327 cm³/mol. The maximum Gasteiger partial charge on any atom is 0.477 e. The number of amides is 6. The molecule has 2 saturated heterocycles. The molecule has 34 heteroatoms. The number of carbonyl (C=O) groups is 11. The van der Waals surface area contributed by atoms with Crippen LogP contribution < -0.4 is 31.9 Å². The molecule has 0 bridgehead atoms. The van der Waals surface area contributed by atoms with Gasteiger partial charge < -0.3 is 74.5 Å². The second-order valence-electron chi connectivity index (χ2n) is 22.4. The molecule has 0 radical (unpaired) electrons. The highest BCUT2D eigenvalue weighted by atomic mass is 31.2. The molecular weight excluding hydrogens is 1300 g/mol. The SMILES string of the molecule is CCCCCCOC(=O)[C@H](CCCCNC(=O)C(F)(F)F)NC(=O)CCCNC(=O)[C@H](C)NC(=O)[C@@H](C)O[C@@H]1[C@@H](NC(C)=O)[C@@H](OP(=O)(OCc2ccccc2)OCc2ccccc2)O[C@H](COC(C)=O)[C@H]1O[C@@H]1O[C@H](COC(C)=O)[C@@H](OC(C)=O)[C@H](OC(C)=O)[C@H]1NC(C)=O. The smallest absolute Gasteiger partial charge is 0.464 e. The maximum absolute atomic E-state index is 15.2. The molecule has 0 aromatic heterocycles. The lowest BCUT2D eigenvalue weighted by molar-refractivity contribution is -0.332. The van der Waals surface area contributed by atoms with Crippen LogP contribution in [0.2, 0.25) is 0 Å². The Hall–Kier alpha value is -7.65. The first kappa shape index (κ1) is 80.8. The van der Waals surface area contributed by atoms with Crippen LogP contribution in [0, 0.1) is 0 Å². The molecule has 2 aromatic rings. The highest BCUT2D eigenvalue weighted by molar-refractivity contribution is 7.48. The van der Waals surface area contributed by atoms with Crippen molar-refractivity contribution in [2.45, 2.75) is 219 Å². The molecule has 2 fully saturated rings. The summed E-state index contributed by atoms with van der Waals surface area (Å²) in [5, 5.41) is 14.6. The van der Waals surface area contributed by atoms with Gasteiger partial charge in [-0.2, -0.15) is 13.2 Å². The quantitative estimate of drug-likeness (QED) is 0.0238. The molecular formula is C62H88F3N6O24P. The normalized spacial score (nSPS) is 21.9. The Bertz CT molecular complexity index is 2890. The Morgan fingerprint density at radius 3 is 1.65 bits per heavy atom. The summed E-state index contributed by atoms with van der Waals surface area (Å²) in [6.45, 7) is 8.11. The number of esters is 5. The molecule has 0 unspecified atom stereocenters. The molecule has 2 aliphatic heterocycles. The van der Waals surface area contributed by atoms with Gasteiger partial charge in [0.05, 0.1) is 19.8 Å². The number of rotatable bonds is 39. The van der Waals surface area contributed by atoms with E-state index in [2.05, 4.69) is 26.6 Å². The third kappa shape index (κ3) is 29.0. The fourth-order valence-corrected chi connectivity index (χ4v) is 10.9. The minimum Gasteiger partial charge on any atom is -0.464 e. The number of hydrogen-bond donors (Lipinski definition) is 6. The van der Waals surface area contributed by atoms with Crippen LogP contribution >= 0.6 is 7.82 Å². The van der Waals surface area contributed by atoms with Gasteiger partial charge in [0.15, 0.2) is 24.8 Å². The largest absolute Gasteiger partial charge is 0.477 e. The average Bonchev–Trinajstić information content (AvgIpc) is 0.774. The Kier molecular flexibility index (Phi) is 34.3. The predicted octanol–water partition coefficient (Wildman–Crippen LogP) is 4.01. The Morgan fingerprint density at radius 1 is 0.583 bits per heavy atom. The standard InChI is InChI=1S/C62H88F3N6O24P/c1-10-11-12-21-31-84-58(81)46(27-19-20-29-67-61(82)62(63,64)65)71-49(78)28-22-30-66-56(79)36(2)68-57(80)37(3)89-54-51(70-39(5)73)60(95-96(83,87-32-44-23-15-13-16-24-44)88-33-45-25-17-14-18-26-45)93-48(35-86-41(7)75)53(54)94-59-50(69-38(4)72)55(91-43(9)77)52(90-42(8)76)47(92-59)34-85-40(6)74/h13-18,23-26,36-37,46-48,50-55,59-60H,10-12,19-22,27-35H2,1-9H3,(H,66,79)(H,67,82)(H,68,80)(H,69,72)(H,70,73)(H,71,78)/t36-,37+,46-,47+,48+,50+,51+,52+,53+,54+,55+,59-,60+/m0/s1. The van der Waals surface area contributed by atoms with Gasteiger partial charge in [-0.3, -0.25) is 61.5 Å². The molecule has 2 heterocycles. The van der Waals surface area contributed by atoms with Crippen molar-refractivity contribution < 1.29 is 127 Å². The van der Waals surface area contributed by atoms with Gasteiger partial charge in [0.25, 0.3) is 0 Å². The van der Waals surface area contributed by atoms with Gasteiger partial charge in [0, 0.05) is 61.1 Å². The molecule has 6 N–H and O–H groups in total. The van der Waals surface area contributed by atoms with Crippen LogP contribution in [0.1, 0.15) is 131 Å². The van der Waals surface area contributed by atoms with Crippen LogP contribution in [0.25, 0.3) is 0 Å². The third-order valence-corrected chi connectivity index (χ3v) is 15.6. The zero-order chi connectivity index (χ0) is 71.1. The van der Waals surface area contributed by atoms with Crippen molar-refractivity contribution >= 4 is 73.1 Å². The molecule has 2 aromatic carbocycles. The number of halogens is 3. The fourth-order valence-electron chi connectivity index (χ4n) is 9.68. The van der Waals surface area contributed by atoms with Crippen LogP contribution in [0.15, 0.2) is 60.7 Å². The summed E-state index contributed by atoms with van der Waals surface area (Å²) >= 11 is 0. The summed E-state index contributed by atoms with van der Waals surface area (Å²) < 4.78 is 125. The van der Waals surface area contributed by atoms with Crippen LogP contribution in [0.3, 0.4) is 0 Å². The van der Waals surface area contributed by atoms with Gasteiger partial charge in [0.2, 0.25) is 29.5 Å². The number of nitrogens with one attached hydrogen (secondary N) is 6. The zero-order valence-electron chi connectivity index (χ0n) is 55.0. The van der Waals surface area contributed by atoms with E-state index in [-0.39, 0.29) is 65.0 Å². The van der Waals surface area contributed by atoms with Gasteiger partial charge in [-0.1, -0.05) is 86.8 Å². The highest BCUT2D eigenvalue weighted by Gasteiger charge is 2.57. The van der Waals surface area contributed by atoms with E-state index in [4.69, 9.17) is 56.2 Å². The molecule has 536 valence electrons. The second-order valence-corrected chi connectivity index (χ2v) is 24.1. The van der Waals surface area contributed by atoms with Crippen molar-refractivity contribution in [1.29, 1.82) is 0 Å². The number of ether oxygens (including phenoxy) is 9. The monoisotopic (exact) mass is 1390 g/mol. The Morgan fingerprint density at radius 2 is 1.11 bits per heavy atom. The van der Waals surface area contributed by atoms with Crippen molar-refractivity contribution in [3.63, 3.8) is 0 Å². The van der Waals surface area contributed by atoms with E-state index >= 15 is 4.57 Å². The molecule has 30 nitrogen and oxygen atoms in total. The first-order valence-corrected chi connectivity index (χ1v) is 32.7. The van der Waals surface area contributed by atoms with Gasteiger partial charge in [-0.05, 0) is 57.1 Å². The number of carbonyl (C=O) groups excluding carboxylic acids is 11. The van der Waals surface area contributed by atoms with Crippen LogP contribution in [0.5, 0.6) is 0 Å². The van der Waals surface area contributed by atoms with E-state index in [9.17, 15) is 65.9 Å². The van der Waals surface area contributed by atoms with Crippen LogP contribution in [0.4, 0.5) is 13.2 Å². The summed E-state index contributed by atoms with van der Waals surface area (Å²) in [6.07, 6.45) is -18.0. The van der Waals surface area contributed by atoms with Crippen molar-refractivity contribution in [1.82, 2.24) is 31.9 Å². The van der Waals surface area contributed by atoms with E-state index in [1.165, 1.54) is 13.8 Å². The number of phosphoric ester groups is 1. The highest BCUT2D eigenvalue weighted by Crippen LogP contribution is 2.53. The third-order valence-electron chi connectivity index (χ3n) is 14.2. The van der Waals surface area contributed by atoms with E-state index in [0.29, 0.717) is 17.5 Å². The lowest BCUT2D eigenvalue weighted by Crippen LogP contribution is -2.70. The van der Waals surface area contributed by atoms with Crippen molar-refractivity contribution in [2.24, 2.45) is 0 Å². The zero-order valence-corrected chi connectivity index (χ0v) is 55.9.